The Bertz CT molecular complexity index is 436. The highest BCUT2D eigenvalue weighted by atomic mass is 35.5. The number of rotatable bonds is 2. The number of carbonyl (C=O) groups is 1. The van der Waals surface area contributed by atoms with Crippen molar-refractivity contribution in [1.29, 1.82) is 0 Å². The molecule has 1 atom stereocenters. The van der Waals surface area contributed by atoms with E-state index in [1.54, 1.807) is 4.90 Å². The van der Waals surface area contributed by atoms with Crippen LogP contribution in [0.15, 0.2) is 24.3 Å². The molecule has 1 fully saturated rings. The maximum atomic E-state index is 12.0. The minimum atomic E-state index is -1.28. The van der Waals surface area contributed by atoms with Gasteiger partial charge >= 0.3 is 0 Å². The summed E-state index contributed by atoms with van der Waals surface area (Å²) >= 11 is 5.86. The van der Waals surface area contributed by atoms with Crippen LogP contribution in [0.2, 0.25) is 5.02 Å². The molecule has 0 unspecified atom stereocenters. The van der Waals surface area contributed by atoms with Crippen molar-refractivity contribution in [3.8, 4) is 0 Å². The average molecular weight is 268 g/mol. The Balaban J connectivity index is 2.05. The number of hydrogen-bond donors (Lipinski definition) is 1. The molecule has 0 saturated carbocycles. The van der Waals surface area contributed by atoms with E-state index in [1.807, 2.05) is 24.3 Å². The van der Waals surface area contributed by atoms with Gasteiger partial charge in [0.15, 0.2) is 0 Å². The van der Waals surface area contributed by atoms with E-state index in [0.29, 0.717) is 19.0 Å². The van der Waals surface area contributed by atoms with Gasteiger partial charge in [0.25, 0.3) is 5.91 Å². The number of carbonyl (C=O) groups excluding carboxylic acids is 1. The van der Waals surface area contributed by atoms with E-state index in [9.17, 15) is 9.90 Å². The highest BCUT2D eigenvalue weighted by Gasteiger charge is 2.34. The second-order valence-electron chi connectivity index (χ2n) is 5.35. The Morgan fingerprint density at radius 1 is 1.39 bits per heavy atom. The van der Waals surface area contributed by atoms with Crippen molar-refractivity contribution in [2.24, 2.45) is 0 Å². The molecule has 0 spiro atoms. The monoisotopic (exact) mass is 267 g/mol. The van der Waals surface area contributed by atoms with E-state index in [0.717, 1.165) is 11.4 Å². The van der Waals surface area contributed by atoms with Crippen LogP contribution in [0.1, 0.15) is 31.7 Å². The summed E-state index contributed by atoms with van der Waals surface area (Å²) in [5.41, 5.74) is -0.0834. The molecule has 0 aromatic heterocycles. The molecule has 1 aliphatic rings. The molecule has 1 heterocycles. The van der Waals surface area contributed by atoms with Gasteiger partial charge in [-0.3, -0.25) is 4.79 Å². The molecule has 0 bridgehead atoms. The van der Waals surface area contributed by atoms with Crippen LogP contribution in [0.4, 0.5) is 0 Å². The highest BCUT2D eigenvalue weighted by Crippen LogP contribution is 2.29. The molecule has 98 valence electrons. The third-order valence-corrected chi connectivity index (χ3v) is 3.59. The summed E-state index contributed by atoms with van der Waals surface area (Å²) in [5, 5.41) is 10.5. The zero-order chi connectivity index (χ0) is 13.3. The first-order valence-electron chi connectivity index (χ1n) is 6.15. The van der Waals surface area contributed by atoms with Crippen molar-refractivity contribution in [3.05, 3.63) is 34.9 Å². The lowest BCUT2D eigenvalue weighted by Gasteiger charge is -2.24. The molecule has 1 saturated heterocycles. The van der Waals surface area contributed by atoms with Gasteiger partial charge < -0.3 is 10.0 Å². The predicted octanol–water partition coefficient (Wildman–Crippen LogP) is 2.43. The van der Waals surface area contributed by atoms with Gasteiger partial charge in [-0.25, -0.2) is 0 Å². The van der Waals surface area contributed by atoms with Crippen LogP contribution in [-0.2, 0) is 4.79 Å². The molecule has 2 rings (SSSR count). The summed E-state index contributed by atoms with van der Waals surface area (Å²) in [6, 6.07) is 7.75. The van der Waals surface area contributed by atoms with Crippen LogP contribution in [0, 0.1) is 0 Å². The third-order valence-electron chi connectivity index (χ3n) is 3.34. The van der Waals surface area contributed by atoms with Crippen LogP contribution in [0.3, 0.4) is 0 Å². The van der Waals surface area contributed by atoms with Crippen molar-refractivity contribution < 1.29 is 9.90 Å². The number of benzene rings is 1. The first-order chi connectivity index (χ1) is 8.38. The van der Waals surface area contributed by atoms with Gasteiger partial charge in [-0.1, -0.05) is 23.7 Å². The molecule has 0 radical (unpaired) electrons. The summed E-state index contributed by atoms with van der Waals surface area (Å²) < 4.78 is 0. The summed E-state index contributed by atoms with van der Waals surface area (Å²) in [7, 11) is 0. The van der Waals surface area contributed by atoms with Gasteiger partial charge in [0.2, 0.25) is 0 Å². The minimum Gasteiger partial charge on any atom is -0.381 e. The van der Waals surface area contributed by atoms with E-state index in [4.69, 9.17) is 11.6 Å². The van der Waals surface area contributed by atoms with Gasteiger partial charge in [0.1, 0.15) is 5.60 Å². The summed E-state index contributed by atoms with van der Waals surface area (Å²) in [6.45, 7) is 4.44. The molecular weight excluding hydrogens is 250 g/mol. The summed E-state index contributed by atoms with van der Waals surface area (Å²) in [4.78, 5) is 13.7. The number of hydrogen-bond acceptors (Lipinski definition) is 2. The maximum Gasteiger partial charge on any atom is 0.253 e. The molecular formula is C14H18ClNO2. The fourth-order valence-electron chi connectivity index (χ4n) is 2.34. The third kappa shape index (κ3) is 2.85. The average Bonchev–Trinajstić information content (AvgIpc) is 2.77. The van der Waals surface area contributed by atoms with Crippen molar-refractivity contribution in [2.45, 2.75) is 31.8 Å². The SMILES string of the molecule is CC(C)(O)C(=O)N1CC[C@H](c2ccc(Cl)cc2)C1. The zero-order valence-corrected chi connectivity index (χ0v) is 11.4. The predicted molar refractivity (Wildman–Crippen MR) is 71.7 cm³/mol. The standard InChI is InChI=1S/C14H18ClNO2/c1-14(2,18)13(17)16-8-7-11(9-16)10-3-5-12(15)6-4-10/h3-6,11,18H,7-9H2,1-2H3/t11-/m0/s1. The summed E-state index contributed by atoms with van der Waals surface area (Å²) in [5.74, 6) is 0.146. The zero-order valence-electron chi connectivity index (χ0n) is 10.7. The van der Waals surface area contributed by atoms with Crippen molar-refractivity contribution in [1.82, 2.24) is 4.90 Å². The molecule has 18 heavy (non-hydrogen) atoms. The lowest BCUT2D eigenvalue weighted by atomic mass is 9.99. The molecule has 1 aliphatic heterocycles. The van der Waals surface area contributed by atoms with Crippen LogP contribution in [-0.4, -0.2) is 34.6 Å². The van der Waals surface area contributed by atoms with Gasteiger partial charge in [-0.15, -0.1) is 0 Å². The topological polar surface area (TPSA) is 40.5 Å². The van der Waals surface area contributed by atoms with Crippen LogP contribution < -0.4 is 0 Å². The normalized spacial score (nSPS) is 20.2. The Labute approximate surface area is 112 Å². The lowest BCUT2D eigenvalue weighted by Crippen LogP contribution is -2.43. The van der Waals surface area contributed by atoms with Crippen LogP contribution in [0.25, 0.3) is 0 Å². The number of likely N-dealkylation sites (tertiary alicyclic amines) is 1. The summed E-state index contributed by atoms with van der Waals surface area (Å²) in [6.07, 6.45) is 0.934. The Kier molecular flexibility index (Phi) is 3.64. The highest BCUT2D eigenvalue weighted by molar-refractivity contribution is 6.30. The van der Waals surface area contributed by atoms with Crippen molar-refractivity contribution in [3.63, 3.8) is 0 Å². The van der Waals surface area contributed by atoms with E-state index in [2.05, 4.69) is 0 Å². The second-order valence-corrected chi connectivity index (χ2v) is 5.78. The minimum absolute atomic E-state index is 0.195. The van der Waals surface area contributed by atoms with E-state index >= 15 is 0 Å². The first-order valence-corrected chi connectivity index (χ1v) is 6.53. The Morgan fingerprint density at radius 3 is 2.56 bits per heavy atom. The molecule has 0 aliphatic carbocycles. The number of aliphatic hydroxyl groups is 1. The quantitative estimate of drug-likeness (QED) is 0.894. The first kappa shape index (κ1) is 13.4. The fraction of sp³-hybridized carbons (Fsp3) is 0.500. The van der Waals surface area contributed by atoms with Gasteiger partial charge in [-0.2, -0.15) is 0 Å². The molecule has 1 aromatic carbocycles. The molecule has 1 N–H and O–H groups in total. The van der Waals surface area contributed by atoms with E-state index < -0.39 is 5.60 Å². The van der Waals surface area contributed by atoms with Crippen molar-refractivity contribution >= 4 is 17.5 Å². The van der Waals surface area contributed by atoms with E-state index in [1.165, 1.54) is 19.4 Å². The second kappa shape index (κ2) is 4.90. The molecule has 3 nitrogen and oxygen atoms in total. The number of nitrogens with zero attached hydrogens (tertiary/aromatic N) is 1. The lowest BCUT2D eigenvalue weighted by molar-refractivity contribution is -0.146. The Hall–Kier alpha value is -1.06. The fourth-order valence-corrected chi connectivity index (χ4v) is 2.46. The van der Waals surface area contributed by atoms with Gasteiger partial charge in [0.05, 0.1) is 0 Å². The van der Waals surface area contributed by atoms with Crippen molar-refractivity contribution in [2.75, 3.05) is 13.1 Å². The number of halogens is 1. The van der Waals surface area contributed by atoms with Crippen LogP contribution in [0.5, 0.6) is 0 Å². The number of amides is 1. The smallest absolute Gasteiger partial charge is 0.253 e. The molecule has 4 heteroatoms. The van der Waals surface area contributed by atoms with E-state index in [-0.39, 0.29) is 5.91 Å². The molecule has 1 aromatic rings. The Morgan fingerprint density at radius 2 is 2.00 bits per heavy atom. The largest absolute Gasteiger partial charge is 0.381 e. The van der Waals surface area contributed by atoms with Gasteiger partial charge in [-0.05, 0) is 38.0 Å². The van der Waals surface area contributed by atoms with Crippen LogP contribution >= 0.6 is 11.6 Å². The maximum absolute atomic E-state index is 12.0. The van der Waals surface area contributed by atoms with Gasteiger partial charge in [0, 0.05) is 24.0 Å². The molecule has 1 amide bonds.